The molecule has 140 valence electrons. The molecule has 4 nitrogen and oxygen atoms in total. The topological polar surface area (TPSA) is 52.3 Å². The van der Waals surface area contributed by atoms with Gasteiger partial charge in [0.1, 0.15) is 22.9 Å². The molecule has 0 atom stereocenters. The Bertz CT molecular complexity index is 1200. The second-order valence-corrected chi connectivity index (χ2v) is 7.50. The Morgan fingerprint density at radius 2 is 1.96 bits per heavy atom. The van der Waals surface area contributed by atoms with Gasteiger partial charge in [-0.3, -0.25) is 0 Å². The summed E-state index contributed by atoms with van der Waals surface area (Å²) in [5.74, 6) is 0.668. The van der Waals surface area contributed by atoms with E-state index in [9.17, 15) is 4.79 Å². The van der Waals surface area contributed by atoms with Crippen molar-refractivity contribution in [2.75, 3.05) is 6.61 Å². The number of rotatable bonds is 5. The van der Waals surface area contributed by atoms with Gasteiger partial charge in [-0.05, 0) is 38.1 Å². The zero-order chi connectivity index (χ0) is 19.5. The third kappa shape index (κ3) is 3.89. The summed E-state index contributed by atoms with van der Waals surface area (Å²) in [6, 6.07) is 17.2. The summed E-state index contributed by atoms with van der Waals surface area (Å²) in [5, 5.41) is 3.44. The van der Waals surface area contributed by atoms with Crippen molar-refractivity contribution in [1.82, 2.24) is 4.98 Å². The molecule has 0 spiro atoms. The first-order valence-corrected chi connectivity index (χ1v) is 9.83. The van der Waals surface area contributed by atoms with Crippen molar-refractivity contribution in [2.24, 2.45) is 0 Å². The second-order valence-electron chi connectivity index (χ2n) is 6.64. The Labute approximate surface area is 166 Å². The van der Waals surface area contributed by atoms with Crippen LogP contribution in [0.4, 0.5) is 0 Å². The minimum Gasteiger partial charge on any atom is -0.489 e. The van der Waals surface area contributed by atoms with Crippen LogP contribution in [0, 0.1) is 0 Å². The normalized spacial score (nSPS) is 10.8. The van der Waals surface area contributed by atoms with Crippen molar-refractivity contribution < 1.29 is 9.15 Å². The number of fused-ring (bicyclic) bond motifs is 1. The lowest BCUT2D eigenvalue weighted by molar-refractivity contribution is 0.361. The van der Waals surface area contributed by atoms with Crippen molar-refractivity contribution in [3.63, 3.8) is 0 Å². The minimum absolute atomic E-state index is 0.400. The number of aromatic nitrogens is 1. The van der Waals surface area contributed by atoms with Gasteiger partial charge in [-0.25, -0.2) is 9.78 Å². The number of hydrogen-bond donors (Lipinski definition) is 0. The summed E-state index contributed by atoms with van der Waals surface area (Å²) in [5.41, 5.74) is 3.64. The Hall–Kier alpha value is -3.18. The Kier molecular flexibility index (Phi) is 5.08. The number of benzene rings is 2. The highest BCUT2D eigenvalue weighted by atomic mass is 32.1. The van der Waals surface area contributed by atoms with Gasteiger partial charge in [0.25, 0.3) is 0 Å². The van der Waals surface area contributed by atoms with E-state index >= 15 is 0 Å². The van der Waals surface area contributed by atoms with Crippen molar-refractivity contribution in [1.29, 1.82) is 0 Å². The third-order valence-electron chi connectivity index (χ3n) is 4.25. The molecule has 0 fully saturated rings. The molecule has 0 unspecified atom stereocenters. The molecule has 2 aromatic carbocycles. The zero-order valence-corrected chi connectivity index (χ0v) is 16.5. The lowest BCUT2D eigenvalue weighted by Crippen LogP contribution is -2.02. The van der Waals surface area contributed by atoms with Gasteiger partial charge in [0.2, 0.25) is 0 Å². The lowest BCUT2D eigenvalue weighted by atomic mass is 10.1. The average molecular weight is 389 g/mol. The summed E-state index contributed by atoms with van der Waals surface area (Å²) in [7, 11) is 0. The Morgan fingerprint density at radius 1 is 1.14 bits per heavy atom. The van der Waals surface area contributed by atoms with Crippen LogP contribution >= 0.6 is 11.3 Å². The van der Waals surface area contributed by atoms with Crippen LogP contribution in [-0.2, 0) is 0 Å². The van der Waals surface area contributed by atoms with Gasteiger partial charge in [-0.15, -0.1) is 11.3 Å². The van der Waals surface area contributed by atoms with E-state index in [4.69, 9.17) is 9.15 Å². The number of hydrogen-bond acceptors (Lipinski definition) is 5. The molecule has 0 aliphatic carbocycles. The number of thiazole rings is 1. The van der Waals surface area contributed by atoms with Crippen molar-refractivity contribution in [3.8, 4) is 27.6 Å². The zero-order valence-electron chi connectivity index (χ0n) is 15.6. The molecule has 0 aliphatic heterocycles. The summed E-state index contributed by atoms with van der Waals surface area (Å²) in [6.45, 7) is 4.52. The molecule has 0 radical (unpaired) electrons. The SMILES string of the molecule is CC(C)=CCOc1ccc2cc(-c3nc(-c4ccccc4)cs3)c(=O)oc2c1. The van der Waals surface area contributed by atoms with E-state index < -0.39 is 5.63 Å². The van der Waals surface area contributed by atoms with Gasteiger partial charge in [-0.2, -0.15) is 0 Å². The molecule has 0 saturated carbocycles. The van der Waals surface area contributed by atoms with Crippen LogP contribution in [0.3, 0.4) is 0 Å². The molecule has 5 heteroatoms. The maximum atomic E-state index is 12.5. The molecule has 0 amide bonds. The molecule has 0 bridgehead atoms. The molecule has 28 heavy (non-hydrogen) atoms. The van der Waals surface area contributed by atoms with E-state index in [0.29, 0.717) is 28.5 Å². The number of ether oxygens (including phenoxy) is 1. The van der Waals surface area contributed by atoms with Crippen LogP contribution < -0.4 is 10.4 Å². The largest absolute Gasteiger partial charge is 0.489 e. The van der Waals surface area contributed by atoms with Gasteiger partial charge in [0.05, 0.1) is 11.3 Å². The first-order chi connectivity index (χ1) is 13.6. The maximum Gasteiger partial charge on any atom is 0.346 e. The molecule has 0 saturated heterocycles. The van der Waals surface area contributed by atoms with Crippen molar-refractivity contribution >= 4 is 22.3 Å². The van der Waals surface area contributed by atoms with Crippen LogP contribution in [0.25, 0.3) is 32.8 Å². The van der Waals surface area contributed by atoms with E-state index in [1.54, 1.807) is 6.07 Å². The maximum absolute atomic E-state index is 12.5. The highest BCUT2D eigenvalue weighted by Crippen LogP contribution is 2.29. The fraction of sp³-hybridized carbons (Fsp3) is 0.130. The van der Waals surface area contributed by atoms with Crippen LogP contribution in [0.5, 0.6) is 5.75 Å². The molecule has 0 aliphatic rings. The predicted octanol–water partition coefficient (Wildman–Crippen LogP) is 5.93. The van der Waals surface area contributed by atoms with Crippen LogP contribution in [0.15, 0.2) is 80.8 Å². The van der Waals surface area contributed by atoms with Gasteiger partial charge in [0.15, 0.2) is 0 Å². The summed E-state index contributed by atoms with van der Waals surface area (Å²) in [4.78, 5) is 17.2. The van der Waals surface area contributed by atoms with E-state index in [1.165, 1.54) is 16.9 Å². The Balaban J connectivity index is 1.66. The standard InChI is InChI=1S/C23H19NO3S/c1-15(2)10-11-26-18-9-8-17-12-19(23(25)27-21(17)13-18)22-24-20(14-28-22)16-6-4-3-5-7-16/h3-10,12-14H,11H2,1-2H3. The van der Waals surface area contributed by atoms with Crippen molar-refractivity contribution in [3.05, 3.63) is 82.0 Å². The van der Waals surface area contributed by atoms with Crippen LogP contribution in [0.2, 0.25) is 0 Å². The fourth-order valence-electron chi connectivity index (χ4n) is 2.77. The smallest absolute Gasteiger partial charge is 0.346 e. The van der Waals surface area contributed by atoms with Gasteiger partial charge in [-0.1, -0.05) is 35.9 Å². The molecule has 2 aromatic heterocycles. The van der Waals surface area contributed by atoms with E-state index in [2.05, 4.69) is 4.98 Å². The summed E-state index contributed by atoms with van der Waals surface area (Å²) in [6.07, 6.45) is 2.00. The van der Waals surface area contributed by atoms with Crippen LogP contribution in [0.1, 0.15) is 13.8 Å². The third-order valence-corrected chi connectivity index (χ3v) is 5.13. The first kappa shape index (κ1) is 18.2. The van der Waals surface area contributed by atoms with E-state index in [-0.39, 0.29) is 0 Å². The second kappa shape index (κ2) is 7.82. The molecule has 4 aromatic rings. The Morgan fingerprint density at radius 3 is 2.75 bits per heavy atom. The minimum atomic E-state index is -0.400. The molecule has 4 rings (SSSR count). The molecular formula is C23H19NO3S. The van der Waals surface area contributed by atoms with E-state index in [1.807, 2.05) is 73.8 Å². The first-order valence-electron chi connectivity index (χ1n) is 8.95. The quantitative estimate of drug-likeness (QED) is 0.314. The number of allylic oxidation sites excluding steroid dienone is 1. The number of nitrogens with zero attached hydrogens (tertiary/aromatic N) is 1. The molecule has 0 N–H and O–H groups in total. The highest BCUT2D eigenvalue weighted by Gasteiger charge is 2.13. The van der Waals surface area contributed by atoms with E-state index in [0.717, 1.165) is 16.6 Å². The van der Waals surface area contributed by atoms with Gasteiger partial charge < -0.3 is 9.15 Å². The monoisotopic (exact) mass is 389 g/mol. The van der Waals surface area contributed by atoms with Crippen molar-refractivity contribution in [2.45, 2.75) is 13.8 Å². The average Bonchev–Trinajstić information content (AvgIpc) is 3.18. The van der Waals surface area contributed by atoms with Gasteiger partial charge >= 0.3 is 5.63 Å². The lowest BCUT2D eigenvalue weighted by Gasteiger charge is -2.05. The van der Waals surface area contributed by atoms with Gasteiger partial charge in [0, 0.05) is 22.4 Å². The molecule has 2 heterocycles. The summed E-state index contributed by atoms with van der Waals surface area (Å²) < 4.78 is 11.2. The fourth-order valence-corrected chi connectivity index (χ4v) is 3.61. The molecular weight excluding hydrogens is 370 g/mol. The van der Waals surface area contributed by atoms with Crippen LogP contribution in [-0.4, -0.2) is 11.6 Å². The highest BCUT2D eigenvalue weighted by molar-refractivity contribution is 7.13. The summed E-state index contributed by atoms with van der Waals surface area (Å²) >= 11 is 1.43. The predicted molar refractivity (Wildman–Crippen MR) is 114 cm³/mol.